The normalized spacial score (nSPS) is 22.0. The molecule has 2 heterocycles. The fraction of sp³-hybridized carbons (Fsp3) is 0.536. The maximum absolute atomic E-state index is 14.0. The van der Waals surface area contributed by atoms with Gasteiger partial charge in [0.2, 0.25) is 18.3 Å². The molecule has 0 aliphatic carbocycles. The molecule has 0 unspecified atom stereocenters. The van der Waals surface area contributed by atoms with E-state index in [4.69, 9.17) is 28.4 Å². The number of carbonyl (C=O) groups excluding carboxylic acids is 4. The van der Waals surface area contributed by atoms with Crippen molar-refractivity contribution < 1.29 is 60.8 Å². The number of hydrogen-bond donors (Lipinski definition) is 1. The molecule has 0 bridgehead atoms. The van der Waals surface area contributed by atoms with Crippen LogP contribution in [0, 0.1) is 0 Å². The molecule has 12 nitrogen and oxygen atoms in total. The largest absolute Gasteiger partial charge is 0.463 e. The van der Waals surface area contributed by atoms with Crippen LogP contribution in [0.3, 0.4) is 0 Å². The predicted molar refractivity (Wildman–Crippen MR) is 140 cm³/mol. The van der Waals surface area contributed by atoms with Gasteiger partial charge < -0.3 is 28.4 Å². The van der Waals surface area contributed by atoms with Crippen molar-refractivity contribution in [3.63, 3.8) is 0 Å². The molecular weight excluding hydrogens is 581 g/mol. The Labute approximate surface area is 245 Å². The molecule has 3 rings (SSSR count). The zero-order chi connectivity index (χ0) is 32.1. The molecule has 43 heavy (non-hydrogen) atoms. The van der Waals surface area contributed by atoms with Crippen molar-refractivity contribution in [2.24, 2.45) is 0 Å². The SMILES string of the molecule is CC(=O)OC[C@H]1O[C@@H](Oc2n[nH]c(C(F)(F)F)c2Cc2ccc(C(C)C)cc2)[C@H](OC(C)=O)[C@@H](OC(C)=O)[C@@H]1OC(C)=O. The maximum atomic E-state index is 14.0. The summed E-state index contributed by atoms with van der Waals surface area (Å²) in [6.07, 6.45) is -12.9. The topological polar surface area (TPSA) is 152 Å². The van der Waals surface area contributed by atoms with Gasteiger partial charge in [0, 0.05) is 34.1 Å². The number of hydrogen-bond acceptors (Lipinski definition) is 11. The van der Waals surface area contributed by atoms with E-state index in [9.17, 15) is 32.3 Å². The highest BCUT2D eigenvalue weighted by Gasteiger charge is 2.54. The van der Waals surface area contributed by atoms with E-state index in [0.717, 1.165) is 33.3 Å². The summed E-state index contributed by atoms with van der Waals surface area (Å²) in [5.74, 6) is -3.69. The smallest absolute Gasteiger partial charge is 0.433 e. The predicted octanol–water partition coefficient (Wildman–Crippen LogP) is 3.60. The molecule has 1 fully saturated rings. The Morgan fingerprint density at radius 3 is 1.95 bits per heavy atom. The van der Waals surface area contributed by atoms with Gasteiger partial charge in [-0.3, -0.25) is 24.3 Å². The summed E-state index contributed by atoms with van der Waals surface area (Å²) in [6, 6.07) is 6.96. The molecule has 0 radical (unpaired) electrons. The Kier molecular flexibility index (Phi) is 10.8. The van der Waals surface area contributed by atoms with Gasteiger partial charge in [0.15, 0.2) is 12.2 Å². The van der Waals surface area contributed by atoms with Crippen LogP contribution in [0.1, 0.15) is 69.8 Å². The average Bonchev–Trinajstić information content (AvgIpc) is 3.28. The van der Waals surface area contributed by atoms with Crippen molar-refractivity contribution in [2.75, 3.05) is 6.61 Å². The highest BCUT2D eigenvalue weighted by Crippen LogP contribution is 2.38. The molecule has 236 valence electrons. The molecule has 0 amide bonds. The van der Waals surface area contributed by atoms with Crippen LogP contribution in [0.5, 0.6) is 5.88 Å². The number of H-pyrrole nitrogens is 1. The lowest BCUT2D eigenvalue weighted by atomic mass is 9.97. The van der Waals surface area contributed by atoms with E-state index in [0.29, 0.717) is 5.56 Å². The number of carbonyl (C=O) groups is 4. The fourth-order valence-electron chi connectivity index (χ4n) is 4.46. The third-order valence-electron chi connectivity index (χ3n) is 6.32. The van der Waals surface area contributed by atoms with Gasteiger partial charge >= 0.3 is 30.1 Å². The fourth-order valence-corrected chi connectivity index (χ4v) is 4.46. The summed E-state index contributed by atoms with van der Waals surface area (Å²) in [7, 11) is 0. The molecule has 1 N–H and O–H groups in total. The Morgan fingerprint density at radius 2 is 1.44 bits per heavy atom. The number of benzene rings is 1. The van der Waals surface area contributed by atoms with E-state index in [1.807, 2.05) is 18.9 Å². The molecule has 15 heteroatoms. The first-order valence-electron chi connectivity index (χ1n) is 13.3. The molecule has 0 spiro atoms. The summed E-state index contributed by atoms with van der Waals surface area (Å²) < 4.78 is 74.6. The summed E-state index contributed by atoms with van der Waals surface area (Å²) in [5.41, 5.74) is -0.0534. The monoisotopic (exact) mass is 614 g/mol. The standard InChI is InChI=1S/C28H33F3N2O10/c1-13(2)19-9-7-18(8-10-19)11-20-25(28(29,30)31)32-33-26(20)43-27-24(41-17(6)37)23(40-16(5)36)22(39-15(4)35)21(42-27)12-38-14(3)34/h7-10,13,21-24,27H,11-12H2,1-6H3,(H,32,33)/t21-,22-,23+,24-,27+/m1/s1. The Hall–Kier alpha value is -4.14. The summed E-state index contributed by atoms with van der Waals surface area (Å²) in [6.45, 7) is 7.63. The van der Waals surface area contributed by atoms with Crippen molar-refractivity contribution in [1.29, 1.82) is 0 Å². The van der Waals surface area contributed by atoms with Crippen LogP contribution >= 0.6 is 0 Å². The Balaban J connectivity index is 2.07. The van der Waals surface area contributed by atoms with Gasteiger partial charge in [-0.05, 0) is 17.0 Å². The maximum Gasteiger partial charge on any atom is 0.433 e. The van der Waals surface area contributed by atoms with Crippen molar-refractivity contribution in [2.45, 2.75) is 90.8 Å². The number of rotatable bonds is 10. The minimum Gasteiger partial charge on any atom is -0.463 e. The molecular formula is C28H33F3N2O10. The number of aromatic nitrogens is 2. The number of halogens is 3. The third kappa shape index (κ3) is 8.92. The van der Waals surface area contributed by atoms with Crippen molar-refractivity contribution in [1.82, 2.24) is 10.2 Å². The summed E-state index contributed by atoms with van der Waals surface area (Å²) >= 11 is 0. The lowest BCUT2D eigenvalue weighted by Gasteiger charge is -2.43. The van der Waals surface area contributed by atoms with Crippen molar-refractivity contribution in [3.8, 4) is 5.88 Å². The Morgan fingerprint density at radius 1 is 0.884 bits per heavy atom. The van der Waals surface area contributed by atoms with Crippen LogP contribution in [0.4, 0.5) is 13.2 Å². The minimum absolute atomic E-state index is 0.204. The van der Waals surface area contributed by atoms with E-state index in [1.165, 1.54) is 0 Å². The number of ether oxygens (including phenoxy) is 6. The summed E-state index contributed by atoms with van der Waals surface area (Å²) in [5, 5.41) is 5.67. The highest BCUT2D eigenvalue weighted by molar-refractivity contribution is 5.68. The van der Waals surface area contributed by atoms with E-state index in [1.54, 1.807) is 24.3 Å². The van der Waals surface area contributed by atoms with Gasteiger partial charge in [-0.25, -0.2) is 0 Å². The molecule has 2 aromatic rings. The number of aromatic amines is 1. The molecule has 1 aromatic carbocycles. The molecule has 1 aromatic heterocycles. The van der Waals surface area contributed by atoms with Gasteiger partial charge in [-0.2, -0.15) is 13.2 Å². The van der Waals surface area contributed by atoms with Crippen LogP contribution in [0.2, 0.25) is 0 Å². The molecule has 5 atom stereocenters. The number of nitrogens with zero attached hydrogens (tertiary/aromatic N) is 1. The van der Waals surface area contributed by atoms with Crippen LogP contribution in [0.15, 0.2) is 24.3 Å². The second kappa shape index (κ2) is 13.9. The van der Waals surface area contributed by atoms with Crippen LogP contribution in [-0.2, 0) is 55.5 Å². The summed E-state index contributed by atoms with van der Waals surface area (Å²) in [4.78, 5) is 47.6. The van der Waals surface area contributed by atoms with Crippen LogP contribution < -0.4 is 4.74 Å². The molecule has 1 saturated heterocycles. The third-order valence-corrected chi connectivity index (χ3v) is 6.32. The zero-order valence-electron chi connectivity index (χ0n) is 24.4. The first kappa shape index (κ1) is 33.4. The van der Waals surface area contributed by atoms with E-state index in [2.05, 4.69) is 5.10 Å². The van der Waals surface area contributed by atoms with Gasteiger partial charge in [0.05, 0.1) is 5.56 Å². The lowest BCUT2D eigenvalue weighted by Crippen LogP contribution is -2.63. The van der Waals surface area contributed by atoms with Gasteiger partial charge in [0.1, 0.15) is 18.4 Å². The second-order valence-electron chi connectivity index (χ2n) is 10.1. The second-order valence-corrected chi connectivity index (χ2v) is 10.1. The van der Waals surface area contributed by atoms with Gasteiger partial charge in [0.25, 0.3) is 0 Å². The molecule has 0 saturated carbocycles. The highest BCUT2D eigenvalue weighted by atomic mass is 19.4. The van der Waals surface area contributed by atoms with Crippen LogP contribution in [-0.4, -0.2) is 71.4 Å². The number of alkyl halides is 3. The first-order valence-corrected chi connectivity index (χ1v) is 13.3. The Bertz CT molecular complexity index is 1310. The average molecular weight is 615 g/mol. The van der Waals surface area contributed by atoms with E-state index >= 15 is 0 Å². The van der Waals surface area contributed by atoms with Crippen LogP contribution in [0.25, 0.3) is 0 Å². The molecule has 1 aliphatic heterocycles. The van der Waals surface area contributed by atoms with Crippen molar-refractivity contribution >= 4 is 23.9 Å². The van der Waals surface area contributed by atoms with E-state index in [-0.39, 0.29) is 17.9 Å². The van der Waals surface area contributed by atoms with Gasteiger partial charge in [-0.15, -0.1) is 5.10 Å². The first-order chi connectivity index (χ1) is 20.1. The van der Waals surface area contributed by atoms with Crippen molar-refractivity contribution in [3.05, 3.63) is 46.6 Å². The lowest BCUT2D eigenvalue weighted by molar-refractivity contribution is -0.289. The number of esters is 4. The van der Waals surface area contributed by atoms with Gasteiger partial charge in [-0.1, -0.05) is 38.1 Å². The number of nitrogens with one attached hydrogen (secondary N) is 1. The minimum atomic E-state index is -4.84. The quantitative estimate of drug-likeness (QED) is 0.309. The zero-order valence-corrected chi connectivity index (χ0v) is 24.4. The molecule has 1 aliphatic rings. The van der Waals surface area contributed by atoms with E-state index < -0.39 is 78.9 Å².